The Morgan fingerprint density at radius 3 is 0.694 bits per heavy atom. The quantitative estimate of drug-likeness (QED) is 0.0146. The second kappa shape index (κ2) is 93.8. The lowest BCUT2D eigenvalue weighted by Gasteiger charge is -2.21. The van der Waals surface area contributed by atoms with Gasteiger partial charge in [-0.15, -0.1) is 0 Å². The van der Waals surface area contributed by atoms with Crippen molar-refractivity contribution >= 4 is 33.6 Å². The highest BCUT2D eigenvalue weighted by molar-refractivity contribution is 7.47. The highest BCUT2D eigenvalue weighted by Gasteiger charge is 2.30. The van der Waals surface area contributed by atoms with Crippen LogP contribution in [0.5, 0.6) is 0 Å². The van der Waals surface area contributed by atoms with E-state index in [2.05, 4.69) is 203 Å². The molecule has 0 aliphatic heterocycles. The summed E-state index contributed by atoms with van der Waals surface area (Å²) in [6.07, 6.45) is 124. The second-order valence-corrected chi connectivity index (χ2v) is 34.7. The predicted octanol–water partition coefficient (Wildman–Crippen LogP) is 30.0. The molecule has 0 bridgehead atoms. The van der Waals surface area contributed by atoms with E-state index in [4.69, 9.17) is 32.3 Å². The molecular formula is C103H174O16P2. The third kappa shape index (κ3) is 95.2. The molecule has 0 aromatic carbocycles. The molecule has 5 atom stereocenters. The number of ether oxygens (including phenoxy) is 3. The standard InChI is InChI=1S/C103H174O16P2/c1-4-7-10-13-16-19-22-25-28-31-34-37-40-43-45-47-48-50-52-54-56-59-62-65-68-71-74-77-80-83-86-89-101(106)113-92-98(104)93-115-120(109,110)116-94-99(105)95-117-121(111,112)118-97-100(119-103(108)91-88-85-82-79-76-73-70-67-64-61-58-53-42-39-36-33-30-27-24-21-18-15-12-9-6-3)96-114-102(107)90-87-84-81-78-75-72-69-66-63-60-57-55-51-49-46-44-41-38-35-32-29-26-23-20-17-14-11-8-5-2/h8-9,11-12,16-21,25-30,34-39,43-46,51,53,55,58,98-100,104-105H,4-7,10,13-15,22-24,31-33,40-42,47-50,52,54,56-57,59-97H2,1-3H3,(H,109,110)(H,111,112)/b11-8-,12-9-,19-16-,20-17-,21-18-,28-25-,29-26-,30-27-,37-34-,38-35-,39-36-,45-43-,46-44-,55-51-,58-53-. The Labute approximate surface area is 738 Å². The summed E-state index contributed by atoms with van der Waals surface area (Å²) in [5.41, 5.74) is 0. The molecule has 0 fully saturated rings. The summed E-state index contributed by atoms with van der Waals surface area (Å²) in [7, 11) is -9.82. The summed E-state index contributed by atoms with van der Waals surface area (Å²) < 4.78 is 61.6. The van der Waals surface area contributed by atoms with Crippen LogP contribution in [0, 0.1) is 0 Å². The van der Waals surface area contributed by atoms with E-state index in [-0.39, 0.29) is 19.3 Å². The summed E-state index contributed by atoms with van der Waals surface area (Å²) in [4.78, 5) is 59.1. The Kier molecular flexibility index (Phi) is 89.6. The maximum absolute atomic E-state index is 13.1. The highest BCUT2D eigenvalue weighted by atomic mass is 31.2. The molecule has 16 nitrogen and oxygen atoms in total. The van der Waals surface area contributed by atoms with Crippen LogP contribution in [0.2, 0.25) is 0 Å². The molecule has 0 spiro atoms. The number of allylic oxidation sites excluding steroid dienone is 30. The van der Waals surface area contributed by atoms with Crippen molar-refractivity contribution in [3.8, 4) is 0 Å². The van der Waals surface area contributed by atoms with Crippen LogP contribution in [-0.4, -0.2) is 95.9 Å². The molecule has 692 valence electrons. The Bertz CT molecular complexity index is 2930. The first-order valence-corrected chi connectivity index (χ1v) is 51.1. The zero-order valence-corrected chi connectivity index (χ0v) is 78.2. The van der Waals surface area contributed by atoms with Crippen LogP contribution in [0.15, 0.2) is 182 Å². The molecule has 121 heavy (non-hydrogen) atoms. The molecular weight excluding hydrogens is 1560 g/mol. The number of aliphatic hydroxyl groups excluding tert-OH is 2. The van der Waals surface area contributed by atoms with E-state index >= 15 is 0 Å². The van der Waals surface area contributed by atoms with Gasteiger partial charge in [-0.2, -0.15) is 0 Å². The number of phosphoric ester groups is 2. The van der Waals surface area contributed by atoms with Crippen molar-refractivity contribution in [1.82, 2.24) is 0 Å². The zero-order valence-electron chi connectivity index (χ0n) is 76.4. The minimum atomic E-state index is -4.95. The first kappa shape index (κ1) is 116. The summed E-state index contributed by atoms with van der Waals surface area (Å²) in [5.74, 6) is -1.58. The Morgan fingerprint density at radius 1 is 0.240 bits per heavy atom. The molecule has 0 aliphatic carbocycles. The van der Waals surface area contributed by atoms with Gasteiger partial charge in [0, 0.05) is 19.3 Å². The minimum Gasteiger partial charge on any atom is -0.463 e. The van der Waals surface area contributed by atoms with Crippen molar-refractivity contribution in [2.24, 2.45) is 0 Å². The summed E-state index contributed by atoms with van der Waals surface area (Å²) >= 11 is 0. The number of carbonyl (C=O) groups is 3. The number of aliphatic hydroxyl groups is 2. The smallest absolute Gasteiger partial charge is 0.463 e. The molecule has 0 rings (SSSR count). The van der Waals surface area contributed by atoms with E-state index in [9.17, 15) is 43.5 Å². The van der Waals surface area contributed by atoms with Crippen LogP contribution in [-0.2, 0) is 55.8 Å². The van der Waals surface area contributed by atoms with Crippen LogP contribution < -0.4 is 0 Å². The van der Waals surface area contributed by atoms with Crippen molar-refractivity contribution < 1.29 is 75.8 Å². The second-order valence-electron chi connectivity index (χ2n) is 31.8. The number of carbonyl (C=O) groups excluding carboxylic acids is 3. The number of rotatable bonds is 90. The molecule has 0 aromatic rings. The maximum atomic E-state index is 13.1. The lowest BCUT2D eigenvalue weighted by molar-refractivity contribution is -0.161. The van der Waals surface area contributed by atoms with Gasteiger partial charge in [-0.25, -0.2) is 9.13 Å². The van der Waals surface area contributed by atoms with Gasteiger partial charge in [-0.1, -0.05) is 396 Å². The van der Waals surface area contributed by atoms with Crippen LogP contribution in [0.4, 0.5) is 0 Å². The first-order chi connectivity index (χ1) is 59.2. The third-order valence-electron chi connectivity index (χ3n) is 20.1. The average molecular weight is 1730 g/mol. The lowest BCUT2D eigenvalue weighted by Crippen LogP contribution is -2.30. The molecule has 0 heterocycles. The SMILES string of the molecule is CC/C=C\C/C=C\C/C=C\C/C=C\C/C=C\C/C=C\CCCCCCCCCCCCC(=O)OCC(COP(=O)(O)OCC(O)COP(=O)(O)OCC(O)COC(=O)CCCCCCCCCCCCCCCCC/C=C\C/C=C\C/C=C\C/C=C\CCCCC)OC(=O)CCCCCCCCCCC/C=C\C/C=C\C/C=C\C/C=C\C/C=C\CC. The molecule has 0 saturated carbocycles. The lowest BCUT2D eigenvalue weighted by atomic mass is 10.0. The minimum absolute atomic E-state index is 0.0904. The van der Waals surface area contributed by atoms with Gasteiger partial charge in [-0.05, 0) is 161 Å². The van der Waals surface area contributed by atoms with Crippen molar-refractivity contribution in [2.75, 3.05) is 39.6 Å². The van der Waals surface area contributed by atoms with E-state index < -0.39 is 91.5 Å². The predicted molar refractivity (Wildman–Crippen MR) is 509 cm³/mol. The Morgan fingerprint density at radius 2 is 0.438 bits per heavy atom. The molecule has 18 heteroatoms. The van der Waals surface area contributed by atoms with E-state index in [1.54, 1.807) is 0 Å². The molecule has 0 saturated heterocycles. The Hall–Kier alpha value is -5.35. The maximum Gasteiger partial charge on any atom is 0.472 e. The fraction of sp³-hybridized carbons (Fsp3) is 0.680. The molecule has 0 radical (unpaired) electrons. The van der Waals surface area contributed by atoms with Gasteiger partial charge >= 0.3 is 33.6 Å². The number of hydrogen-bond donors (Lipinski definition) is 4. The van der Waals surface area contributed by atoms with Crippen molar-refractivity contribution in [3.63, 3.8) is 0 Å². The van der Waals surface area contributed by atoms with Gasteiger partial charge in [0.2, 0.25) is 0 Å². The van der Waals surface area contributed by atoms with Gasteiger partial charge in [-0.3, -0.25) is 32.5 Å². The monoisotopic (exact) mass is 1730 g/mol. The number of hydrogen-bond acceptors (Lipinski definition) is 14. The molecule has 4 N–H and O–H groups in total. The summed E-state index contributed by atoms with van der Waals surface area (Å²) in [6.45, 7) is 2.46. The van der Waals surface area contributed by atoms with Crippen LogP contribution >= 0.6 is 15.6 Å². The number of phosphoric acid groups is 2. The van der Waals surface area contributed by atoms with E-state index in [1.807, 2.05) is 0 Å². The largest absolute Gasteiger partial charge is 0.472 e. The average Bonchev–Trinajstić information content (AvgIpc) is 0.873. The van der Waals surface area contributed by atoms with Gasteiger partial charge in [0.05, 0.1) is 26.4 Å². The zero-order chi connectivity index (χ0) is 87.9. The van der Waals surface area contributed by atoms with Crippen LogP contribution in [0.3, 0.4) is 0 Å². The molecule has 0 amide bonds. The van der Waals surface area contributed by atoms with Gasteiger partial charge in [0.25, 0.3) is 0 Å². The van der Waals surface area contributed by atoms with Crippen LogP contribution in [0.25, 0.3) is 0 Å². The van der Waals surface area contributed by atoms with Gasteiger partial charge < -0.3 is 34.2 Å². The van der Waals surface area contributed by atoms with Gasteiger partial charge in [0.1, 0.15) is 25.4 Å². The molecule has 0 aliphatic rings. The van der Waals surface area contributed by atoms with Crippen LogP contribution in [0.1, 0.15) is 393 Å². The number of unbranched alkanes of at least 4 members (excludes halogenated alkanes) is 37. The summed E-state index contributed by atoms with van der Waals surface area (Å²) in [5, 5.41) is 20.8. The van der Waals surface area contributed by atoms with Crippen molar-refractivity contribution in [2.45, 2.75) is 411 Å². The van der Waals surface area contributed by atoms with Gasteiger partial charge in [0.15, 0.2) is 6.10 Å². The topological polar surface area (TPSA) is 231 Å². The normalized spacial score (nSPS) is 14.5. The fourth-order valence-electron chi connectivity index (χ4n) is 12.9. The highest BCUT2D eigenvalue weighted by Crippen LogP contribution is 2.45. The Balaban J connectivity index is 4.64. The molecule has 0 aromatic heterocycles. The summed E-state index contributed by atoms with van der Waals surface area (Å²) in [6, 6.07) is 0. The van der Waals surface area contributed by atoms with E-state index in [0.29, 0.717) is 19.3 Å². The first-order valence-electron chi connectivity index (χ1n) is 48.1. The van der Waals surface area contributed by atoms with E-state index in [1.165, 1.54) is 161 Å². The van der Waals surface area contributed by atoms with E-state index in [0.717, 1.165) is 173 Å². The third-order valence-corrected chi connectivity index (χ3v) is 22.0. The van der Waals surface area contributed by atoms with Crippen molar-refractivity contribution in [1.29, 1.82) is 0 Å². The molecule has 5 unspecified atom stereocenters. The van der Waals surface area contributed by atoms with Crippen molar-refractivity contribution in [3.05, 3.63) is 182 Å². The number of esters is 3. The fourth-order valence-corrected chi connectivity index (χ4v) is 14.5.